The molecule has 1 aliphatic rings. The van der Waals surface area contributed by atoms with Gasteiger partial charge in [-0.3, -0.25) is 14.9 Å². The van der Waals surface area contributed by atoms with Gasteiger partial charge in [0.05, 0.1) is 4.92 Å². The number of nitro groups is 1. The Morgan fingerprint density at radius 1 is 1.21 bits per heavy atom. The fourth-order valence-electron chi connectivity index (χ4n) is 3.38. The molecule has 1 aliphatic heterocycles. The van der Waals surface area contributed by atoms with Crippen molar-refractivity contribution < 1.29 is 19.2 Å². The molecule has 0 fully saturated rings. The van der Waals surface area contributed by atoms with Gasteiger partial charge in [0, 0.05) is 24.7 Å². The zero-order valence-electron chi connectivity index (χ0n) is 18.2. The lowest BCUT2D eigenvalue weighted by Gasteiger charge is -2.40. The molecule has 8 nitrogen and oxygen atoms in total. The van der Waals surface area contributed by atoms with E-state index in [0.29, 0.717) is 6.42 Å². The second-order valence-electron chi connectivity index (χ2n) is 9.67. The number of ether oxygens (including phenoxy) is 1. The molecule has 0 spiro atoms. The van der Waals surface area contributed by atoms with Gasteiger partial charge in [-0.15, -0.1) is 0 Å². The van der Waals surface area contributed by atoms with Crippen LogP contribution in [0.3, 0.4) is 0 Å². The summed E-state index contributed by atoms with van der Waals surface area (Å²) < 4.78 is 5.33. The van der Waals surface area contributed by atoms with E-state index in [4.69, 9.17) is 4.74 Å². The summed E-state index contributed by atoms with van der Waals surface area (Å²) >= 11 is 0. The maximum absolute atomic E-state index is 13.4. The molecule has 8 heteroatoms. The average Bonchev–Trinajstić information content (AvgIpc) is 2.55. The van der Waals surface area contributed by atoms with Crippen molar-refractivity contribution in [1.29, 1.82) is 0 Å². The first-order valence-electron chi connectivity index (χ1n) is 9.75. The predicted molar refractivity (Wildman–Crippen MR) is 109 cm³/mol. The first kappa shape index (κ1) is 22.6. The van der Waals surface area contributed by atoms with Gasteiger partial charge in [0.25, 0.3) is 5.69 Å². The number of amides is 2. The molecule has 2 unspecified atom stereocenters. The molecule has 0 aliphatic carbocycles. The lowest BCUT2D eigenvalue weighted by molar-refractivity contribution is -0.385. The fraction of sp³-hybridized carbons (Fsp3) is 0.619. The number of benzene rings is 1. The Balaban J connectivity index is 2.27. The fourth-order valence-corrected chi connectivity index (χ4v) is 3.38. The van der Waals surface area contributed by atoms with Gasteiger partial charge >= 0.3 is 6.09 Å². The van der Waals surface area contributed by atoms with Crippen molar-refractivity contribution in [1.82, 2.24) is 10.2 Å². The maximum atomic E-state index is 13.4. The molecule has 2 amide bonds. The van der Waals surface area contributed by atoms with Crippen LogP contribution in [0.2, 0.25) is 0 Å². The number of carbonyl (C=O) groups excluding carboxylic acids is 2. The maximum Gasteiger partial charge on any atom is 0.408 e. The van der Waals surface area contributed by atoms with Gasteiger partial charge in [0.2, 0.25) is 5.91 Å². The normalized spacial score (nSPS) is 17.9. The van der Waals surface area contributed by atoms with Gasteiger partial charge in [-0.25, -0.2) is 4.79 Å². The molecular formula is C21H31N3O5. The van der Waals surface area contributed by atoms with Crippen molar-refractivity contribution in [2.75, 3.05) is 0 Å². The van der Waals surface area contributed by atoms with Crippen molar-refractivity contribution in [3.8, 4) is 0 Å². The summed E-state index contributed by atoms with van der Waals surface area (Å²) in [6.07, 6.45) is -0.0472. The van der Waals surface area contributed by atoms with Crippen LogP contribution < -0.4 is 5.32 Å². The van der Waals surface area contributed by atoms with Crippen LogP contribution in [0.15, 0.2) is 18.2 Å². The summed E-state index contributed by atoms with van der Waals surface area (Å²) in [5.74, 6) is -0.229. The third-order valence-electron chi connectivity index (χ3n) is 4.85. The largest absolute Gasteiger partial charge is 0.444 e. The standard InChI is InChI=1S/C21H31N3O5/c1-13-10-14-8-9-16(24(27)28)11-15(14)12-23(13)18(25)17(20(2,3)4)22-19(26)29-21(5,6)7/h8-9,11,13,17H,10,12H2,1-7H3,(H,22,26). The molecular weight excluding hydrogens is 374 g/mol. The first-order chi connectivity index (χ1) is 13.2. The molecule has 2 atom stereocenters. The highest BCUT2D eigenvalue weighted by Crippen LogP contribution is 2.30. The zero-order chi connectivity index (χ0) is 22.1. The van der Waals surface area contributed by atoms with Gasteiger partial charge in [-0.2, -0.15) is 0 Å². The number of non-ortho nitro benzene ring substituents is 1. The monoisotopic (exact) mass is 405 g/mol. The van der Waals surface area contributed by atoms with E-state index in [-0.39, 0.29) is 24.2 Å². The van der Waals surface area contributed by atoms with Gasteiger partial charge in [-0.05, 0) is 50.7 Å². The molecule has 160 valence electrons. The van der Waals surface area contributed by atoms with E-state index in [0.717, 1.165) is 11.1 Å². The molecule has 0 radical (unpaired) electrons. The van der Waals surface area contributed by atoms with E-state index in [1.165, 1.54) is 12.1 Å². The summed E-state index contributed by atoms with van der Waals surface area (Å²) in [5, 5.41) is 13.8. The highest BCUT2D eigenvalue weighted by Gasteiger charge is 2.39. The molecule has 0 aromatic heterocycles. The van der Waals surface area contributed by atoms with Crippen LogP contribution in [0.1, 0.15) is 59.6 Å². The second-order valence-corrected chi connectivity index (χ2v) is 9.67. The SMILES string of the molecule is CC1Cc2ccc([N+](=O)[O-])cc2CN1C(=O)C(NC(=O)OC(C)(C)C)C(C)(C)C. The van der Waals surface area contributed by atoms with E-state index < -0.39 is 28.1 Å². The Kier molecular flexibility index (Phi) is 6.25. The number of fused-ring (bicyclic) bond motifs is 1. The minimum atomic E-state index is -0.792. The van der Waals surface area contributed by atoms with E-state index in [9.17, 15) is 19.7 Å². The summed E-state index contributed by atoms with van der Waals surface area (Å²) in [6, 6.07) is 3.88. The van der Waals surface area contributed by atoms with Crippen LogP contribution in [-0.4, -0.2) is 39.5 Å². The number of nitrogens with zero attached hydrogens (tertiary/aromatic N) is 2. The topological polar surface area (TPSA) is 102 Å². The minimum Gasteiger partial charge on any atom is -0.444 e. The predicted octanol–water partition coefficient (Wildman–Crippen LogP) is 3.81. The number of rotatable bonds is 3. The number of alkyl carbamates (subject to hydrolysis) is 1. The number of nitrogens with one attached hydrogen (secondary N) is 1. The second kappa shape index (κ2) is 8.00. The lowest BCUT2D eigenvalue weighted by atomic mass is 9.84. The molecule has 1 N–H and O–H groups in total. The number of hydrogen-bond acceptors (Lipinski definition) is 5. The van der Waals surface area contributed by atoms with Crippen molar-refractivity contribution >= 4 is 17.7 Å². The quantitative estimate of drug-likeness (QED) is 0.609. The Hall–Kier alpha value is -2.64. The van der Waals surface area contributed by atoms with Crippen molar-refractivity contribution in [2.24, 2.45) is 5.41 Å². The molecule has 0 saturated heterocycles. The average molecular weight is 405 g/mol. The molecule has 1 aromatic rings. The summed E-state index contributed by atoms with van der Waals surface area (Å²) in [4.78, 5) is 38.1. The molecule has 29 heavy (non-hydrogen) atoms. The summed E-state index contributed by atoms with van der Waals surface area (Å²) in [5.41, 5.74) is 0.544. The minimum absolute atomic E-state index is 0.00459. The van der Waals surface area contributed by atoms with E-state index in [1.807, 2.05) is 27.7 Å². The molecule has 1 heterocycles. The van der Waals surface area contributed by atoms with Gasteiger partial charge in [-0.1, -0.05) is 26.8 Å². The summed E-state index contributed by atoms with van der Waals surface area (Å²) in [7, 11) is 0. The van der Waals surface area contributed by atoms with Crippen LogP contribution in [0.5, 0.6) is 0 Å². The van der Waals surface area contributed by atoms with Crippen LogP contribution in [-0.2, 0) is 22.5 Å². The smallest absolute Gasteiger partial charge is 0.408 e. The van der Waals surface area contributed by atoms with Crippen LogP contribution in [0.4, 0.5) is 10.5 Å². The highest BCUT2D eigenvalue weighted by atomic mass is 16.6. The van der Waals surface area contributed by atoms with E-state index in [1.54, 1.807) is 31.7 Å². The number of hydrogen-bond donors (Lipinski definition) is 1. The third kappa shape index (κ3) is 5.68. The third-order valence-corrected chi connectivity index (χ3v) is 4.85. The Morgan fingerprint density at radius 3 is 2.34 bits per heavy atom. The number of nitro benzene ring substituents is 1. The van der Waals surface area contributed by atoms with Crippen LogP contribution in [0.25, 0.3) is 0 Å². The van der Waals surface area contributed by atoms with Crippen LogP contribution in [0, 0.1) is 15.5 Å². The van der Waals surface area contributed by atoms with Crippen molar-refractivity contribution in [3.63, 3.8) is 0 Å². The zero-order valence-corrected chi connectivity index (χ0v) is 18.2. The number of carbonyl (C=O) groups is 2. The summed E-state index contributed by atoms with van der Waals surface area (Å²) in [6.45, 7) is 13.1. The molecule has 0 bridgehead atoms. The Labute approximate surface area is 171 Å². The molecule has 1 aromatic carbocycles. The van der Waals surface area contributed by atoms with Crippen LogP contribution >= 0.6 is 0 Å². The van der Waals surface area contributed by atoms with Gasteiger partial charge in [0.1, 0.15) is 11.6 Å². The highest BCUT2D eigenvalue weighted by molar-refractivity contribution is 5.87. The first-order valence-corrected chi connectivity index (χ1v) is 9.75. The molecule has 2 rings (SSSR count). The Morgan fingerprint density at radius 2 is 1.83 bits per heavy atom. The molecule has 0 saturated carbocycles. The van der Waals surface area contributed by atoms with E-state index >= 15 is 0 Å². The van der Waals surface area contributed by atoms with Crippen molar-refractivity contribution in [3.05, 3.63) is 39.4 Å². The van der Waals surface area contributed by atoms with E-state index in [2.05, 4.69) is 5.32 Å². The van der Waals surface area contributed by atoms with Crippen molar-refractivity contribution in [2.45, 2.75) is 79.1 Å². The van der Waals surface area contributed by atoms with Gasteiger partial charge < -0.3 is 15.0 Å². The van der Waals surface area contributed by atoms with Gasteiger partial charge in [0.15, 0.2) is 0 Å². The Bertz CT molecular complexity index is 808. The lowest BCUT2D eigenvalue weighted by Crippen LogP contribution is -2.57.